The van der Waals surface area contributed by atoms with Gasteiger partial charge in [-0.25, -0.2) is 0 Å². The standard InChI is InChI=1S/C14H26N2/c1-7-14(5,6)16-10-9-13(15-8-2)11(3)12(16)4/h1,11-13,15H,8-10H2,2-6H3. The van der Waals surface area contributed by atoms with E-state index in [1.165, 1.54) is 6.42 Å². The minimum absolute atomic E-state index is 0.120. The number of nitrogens with one attached hydrogen (secondary N) is 1. The number of terminal acetylenes is 1. The maximum atomic E-state index is 5.63. The molecule has 0 radical (unpaired) electrons. The van der Waals surface area contributed by atoms with E-state index in [1.807, 2.05) is 0 Å². The Kier molecular flexibility index (Phi) is 4.41. The summed E-state index contributed by atoms with van der Waals surface area (Å²) in [6.45, 7) is 13.2. The van der Waals surface area contributed by atoms with Crippen LogP contribution in [0.3, 0.4) is 0 Å². The lowest BCUT2D eigenvalue weighted by atomic mass is 9.84. The third kappa shape index (κ3) is 2.59. The summed E-state index contributed by atoms with van der Waals surface area (Å²) in [7, 11) is 0. The molecule has 0 spiro atoms. The quantitative estimate of drug-likeness (QED) is 0.736. The third-order valence-corrected chi connectivity index (χ3v) is 4.11. The van der Waals surface area contributed by atoms with Gasteiger partial charge in [0.25, 0.3) is 0 Å². The number of piperidine rings is 1. The van der Waals surface area contributed by atoms with Gasteiger partial charge in [0, 0.05) is 18.6 Å². The van der Waals surface area contributed by atoms with E-state index in [4.69, 9.17) is 6.42 Å². The van der Waals surface area contributed by atoms with Gasteiger partial charge in [0.15, 0.2) is 0 Å². The number of nitrogens with zero attached hydrogens (tertiary/aromatic N) is 1. The fraction of sp³-hybridized carbons (Fsp3) is 0.857. The monoisotopic (exact) mass is 222 g/mol. The Balaban J connectivity index is 2.73. The summed E-state index contributed by atoms with van der Waals surface area (Å²) in [6, 6.07) is 1.19. The van der Waals surface area contributed by atoms with Gasteiger partial charge in [-0.05, 0) is 39.7 Å². The summed E-state index contributed by atoms with van der Waals surface area (Å²) < 4.78 is 0. The molecule has 0 aromatic heterocycles. The maximum absolute atomic E-state index is 5.63. The zero-order valence-corrected chi connectivity index (χ0v) is 11.4. The summed E-state index contributed by atoms with van der Waals surface area (Å²) >= 11 is 0. The van der Waals surface area contributed by atoms with Crippen molar-refractivity contribution in [2.75, 3.05) is 13.1 Å². The Morgan fingerprint density at radius 1 is 1.44 bits per heavy atom. The van der Waals surface area contributed by atoms with Crippen molar-refractivity contribution in [3.05, 3.63) is 0 Å². The fourth-order valence-electron chi connectivity index (χ4n) is 2.79. The van der Waals surface area contributed by atoms with Gasteiger partial charge in [0.2, 0.25) is 0 Å². The van der Waals surface area contributed by atoms with Crippen LogP contribution in [0, 0.1) is 18.3 Å². The van der Waals surface area contributed by atoms with E-state index in [1.54, 1.807) is 0 Å². The number of likely N-dealkylation sites (tertiary alicyclic amines) is 1. The van der Waals surface area contributed by atoms with Crippen LogP contribution in [0.5, 0.6) is 0 Å². The molecular weight excluding hydrogens is 196 g/mol. The van der Waals surface area contributed by atoms with Crippen molar-refractivity contribution < 1.29 is 0 Å². The maximum Gasteiger partial charge on any atom is 0.0768 e. The van der Waals surface area contributed by atoms with Gasteiger partial charge in [-0.1, -0.05) is 19.8 Å². The van der Waals surface area contributed by atoms with Gasteiger partial charge in [0.1, 0.15) is 0 Å². The van der Waals surface area contributed by atoms with Crippen molar-refractivity contribution in [1.82, 2.24) is 10.2 Å². The van der Waals surface area contributed by atoms with Gasteiger partial charge in [0.05, 0.1) is 5.54 Å². The molecule has 1 aliphatic rings. The Hall–Kier alpha value is -0.520. The van der Waals surface area contributed by atoms with Crippen LogP contribution >= 0.6 is 0 Å². The Bertz CT molecular complexity index is 264. The van der Waals surface area contributed by atoms with E-state index in [2.05, 4.69) is 50.8 Å². The van der Waals surface area contributed by atoms with Crippen molar-refractivity contribution in [3.8, 4) is 12.3 Å². The average molecular weight is 222 g/mol. The minimum atomic E-state index is -0.120. The van der Waals surface area contributed by atoms with Crippen molar-refractivity contribution in [3.63, 3.8) is 0 Å². The number of hydrogen-bond donors (Lipinski definition) is 1. The molecule has 3 atom stereocenters. The number of rotatable bonds is 3. The number of hydrogen-bond acceptors (Lipinski definition) is 2. The molecule has 0 aromatic rings. The van der Waals surface area contributed by atoms with E-state index < -0.39 is 0 Å². The van der Waals surface area contributed by atoms with Crippen molar-refractivity contribution in [2.24, 2.45) is 5.92 Å². The minimum Gasteiger partial charge on any atom is -0.314 e. The second-order valence-corrected chi connectivity index (χ2v) is 5.45. The topological polar surface area (TPSA) is 15.3 Å². The van der Waals surface area contributed by atoms with Crippen LogP contribution in [0.1, 0.15) is 41.0 Å². The van der Waals surface area contributed by atoms with Crippen LogP contribution < -0.4 is 5.32 Å². The van der Waals surface area contributed by atoms with Gasteiger partial charge in [-0.15, -0.1) is 6.42 Å². The first-order valence-corrected chi connectivity index (χ1v) is 6.42. The molecule has 1 fully saturated rings. The first kappa shape index (κ1) is 13.5. The highest BCUT2D eigenvalue weighted by molar-refractivity contribution is 5.11. The van der Waals surface area contributed by atoms with Gasteiger partial charge < -0.3 is 5.32 Å². The second-order valence-electron chi connectivity index (χ2n) is 5.45. The molecule has 0 aromatic carbocycles. The lowest BCUT2D eigenvalue weighted by Gasteiger charge is -2.48. The smallest absolute Gasteiger partial charge is 0.0768 e. The zero-order chi connectivity index (χ0) is 12.3. The predicted octanol–water partition coefficient (Wildman–Crippen LogP) is 2.11. The molecule has 0 saturated carbocycles. The van der Waals surface area contributed by atoms with E-state index in [0.29, 0.717) is 18.0 Å². The lowest BCUT2D eigenvalue weighted by Crippen LogP contribution is -2.59. The average Bonchev–Trinajstić information content (AvgIpc) is 2.25. The SMILES string of the molecule is C#CC(C)(C)N1CCC(NCC)C(C)C1C. The van der Waals surface area contributed by atoms with Crippen molar-refractivity contribution >= 4 is 0 Å². The molecule has 1 N–H and O–H groups in total. The van der Waals surface area contributed by atoms with E-state index in [0.717, 1.165) is 13.1 Å². The fourth-order valence-corrected chi connectivity index (χ4v) is 2.79. The molecule has 92 valence electrons. The molecule has 2 heteroatoms. The molecule has 0 aliphatic carbocycles. The predicted molar refractivity (Wildman–Crippen MR) is 70.3 cm³/mol. The molecule has 1 rings (SSSR count). The molecule has 2 nitrogen and oxygen atoms in total. The van der Waals surface area contributed by atoms with Crippen LogP contribution in [0.15, 0.2) is 0 Å². The largest absolute Gasteiger partial charge is 0.314 e. The third-order valence-electron chi connectivity index (χ3n) is 4.11. The van der Waals surface area contributed by atoms with Crippen LogP contribution in [0.4, 0.5) is 0 Å². The summed E-state index contributed by atoms with van der Waals surface area (Å²) in [6.07, 6.45) is 6.83. The lowest BCUT2D eigenvalue weighted by molar-refractivity contribution is 0.0320. The van der Waals surface area contributed by atoms with Crippen LogP contribution in [-0.4, -0.2) is 35.6 Å². The Morgan fingerprint density at radius 3 is 2.56 bits per heavy atom. The van der Waals surface area contributed by atoms with E-state index >= 15 is 0 Å². The molecule has 16 heavy (non-hydrogen) atoms. The van der Waals surface area contributed by atoms with Gasteiger partial charge >= 0.3 is 0 Å². The molecule has 1 aliphatic heterocycles. The summed E-state index contributed by atoms with van der Waals surface area (Å²) in [5.41, 5.74) is -0.120. The van der Waals surface area contributed by atoms with Gasteiger partial charge in [-0.3, -0.25) is 4.90 Å². The van der Waals surface area contributed by atoms with Crippen LogP contribution in [0.2, 0.25) is 0 Å². The first-order chi connectivity index (χ1) is 7.44. The Labute approximate surface area is 101 Å². The highest BCUT2D eigenvalue weighted by Gasteiger charge is 2.38. The normalized spacial score (nSPS) is 32.4. The van der Waals surface area contributed by atoms with Crippen LogP contribution in [0.25, 0.3) is 0 Å². The molecule has 0 amide bonds. The van der Waals surface area contributed by atoms with E-state index in [-0.39, 0.29) is 5.54 Å². The van der Waals surface area contributed by atoms with Crippen molar-refractivity contribution in [1.29, 1.82) is 0 Å². The first-order valence-electron chi connectivity index (χ1n) is 6.42. The Morgan fingerprint density at radius 2 is 2.06 bits per heavy atom. The summed E-state index contributed by atoms with van der Waals surface area (Å²) in [5.74, 6) is 3.57. The van der Waals surface area contributed by atoms with Crippen molar-refractivity contribution in [2.45, 2.75) is 58.7 Å². The van der Waals surface area contributed by atoms with Gasteiger partial charge in [-0.2, -0.15) is 0 Å². The molecule has 1 heterocycles. The molecular formula is C14H26N2. The van der Waals surface area contributed by atoms with Crippen LogP contribution in [-0.2, 0) is 0 Å². The highest BCUT2D eigenvalue weighted by atomic mass is 15.2. The molecule has 3 unspecified atom stereocenters. The summed E-state index contributed by atoms with van der Waals surface area (Å²) in [5, 5.41) is 3.58. The summed E-state index contributed by atoms with van der Waals surface area (Å²) in [4.78, 5) is 2.46. The molecule has 1 saturated heterocycles. The van der Waals surface area contributed by atoms with E-state index in [9.17, 15) is 0 Å². The second kappa shape index (κ2) is 5.21. The highest BCUT2D eigenvalue weighted by Crippen LogP contribution is 2.29. The zero-order valence-electron chi connectivity index (χ0n) is 11.4. The molecule has 0 bridgehead atoms.